The summed E-state index contributed by atoms with van der Waals surface area (Å²) in [6, 6.07) is 3.19. The number of benzene rings is 1. The average molecular weight is 494 g/mol. The van der Waals surface area contributed by atoms with Gasteiger partial charge in [-0.1, -0.05) is 20.8 Å². The molecule has 6 nitrogen and oxygen atoms in total. The highest BCUT2D eigenvalue weighted by Crippen LogP contribution is 2.22. The first kappa shape index (κ1) is 23.1. The Kier molecular flexibility index (Phi) is 8.94. The molecule has 0 atom stereocenters. The lowest BCUT2D eigenvalue weighted by Gasteiger charge is -2.13. The molecule has 2 N–H and O–H groups in total. The molecule has 2 rings (SSSR count). The lowest BCUT2D eigenvalue weighted by molar-refractivity contribution is 0.304. The number of nitrogens with one attached hydrogen (secondary N) is 2. The number of hydrogen-bond donors (Lipinski definition) is 2. The molecule has 0 spiro atoms. The summed E-state index contributed by atoms with van der Waals surface area (Å²) in [5.41, 5.74) is -0.0991. The van der Waals surface area contributed by atoms with E-state index in [1.54, 1.807) is 13.2 Å². The Balaban J connectivity index is 0.00000364. The number of ether oxygens (including phenoxy) is 1. The predicted octanol–water partition coefficient (Wildman–Crippen LogP) is 3.61. The molecular formula is C18H25F2IN4O2. The third kappa shape index (κ3) is 7.31. The summed E-state index contributed by atoms with van der Waals surface area (Å²) in [5, 5.41) is 6.10. The molecule has 1 aromatic heterocycles. The van der Waals surface area contributed by atoms with E-state index in [0.29, 0.717) is 24.9 Å². The highest BCUT2D eigenvalue weighted by atomic mass is 127. The van der Waals surface area contributed by atoms with Crippen LogP contribution < -0.4 is 15.4 Å². The second kappa shape index (κ2) is 10.4. The molecule has 9 heteroatoms. The van der Waals surface area contributed by atoms with Crippen LogP contribution in [-0.4, -0.2) is 31.1 Å². The van der Waals surface area contributed by atoms with Crippen LogP contribution >= 0.6 is 24.0 Å². The molecule has 0 unspecified atom stereocenters. The quantitative estimate of drug-likeness (QED) is 0.278. The summed E-state index contributed by atoms with van der Waals surface area (Å²) in [6.07, 6.45) is 1.72. The monoisotopic (exact) mass is 494 g/mol. The van der Waals surface area contributed by atoms with E-state index >= 15 is 0 Å². The molecule has 0 saturated carbocycles. The Morgan fingerprint density at radius 1 is 1.26 bits per heavy atom. The first-order chi connectivity index (χ1) is 12.3. The van der Waals surface area contributed by atoms with Crippen molar-refractivity contribution in [2.45, 2.75) is 32.7 Å². The highest BCUT2D eigenvalue weighted by molar-refractivity contribution is 14.0. The van der Waals surface area contributed by atoms with Crippen molar-refractivity contribution in [3.63, 3.8) is 0 Å². The van der Waals surface area contributed by atoms with Gasteiger partial charge in [0.1, 0.15) is 18.2 Å². The van der Waals surface area contributed by atoms with E-state index in [-0.39, 0.29) is 41.7 Å². The van der Waals surface area contributed by atoms with Gasteiger partial charge in [0, 0.05) is 18.5 Å². The fraction of sp³-hybridized carbons (Fsp3) is 0.444. The Morgan fingerprint density at radius 3 is 2.59 bits per heavy atom. The van der Waals surface area contributed by atoms with Gasteiger partial charge >= 0.3 is 0 Å². The zero-order valence-corrected chi connectivity index (χ0v) is 18.1. The fourth-order valence-electron chi connectivity index (χ4n) is 2.04. The summed E-state index contributed by atoms with van der Waals surface area (Å²) in [4.78, 5) is 8.31. The number of aromatic nitrogens is 1. The second-order valence-electron chi connectivity index (χ2n) is 6.64. The number of hydrogen-bond acceptors (Lipinski definition) is 4. The fourth-order valence-corrected chi connectivity index (χ4v) is 2.04. The van der Waals surface area contributed by atoms with Crippen LogP contribution in [0, 0.1) is 11.6 Å². The molecule has 0 aliphatic carbocycles. The smallest absolute Gasteiger partial charge is 0.213 e. The first-order valence-corrected chi connectivity index (χ1v) is 8.27. The van der Waals surface area contributed by atoms with Crippen LogP contribution in [0.15, 0.2) is 33.8 Å². The van der Waals surface area contributed by atoms with Gasteiger partial charge in [0.25, 0.3) is 0 Å². The van der Waals surface area contributed by atoms with Crippen molar-refractivity contribution in [1.82, 2.24) is 15.6 Å². The van der Waals surface area contributed by atoms with Crippen LogP contribution in [0.5, 0.6) is 5.75 Å². The van der Waals surface area contributed by atoms with Crippen molar-refractivity contribution in [1.29, 1.82) is 0 Å². The van der Waals surface area contributed by atoms with E-state index in [1.165, 1.54) is 6.07 Å². The molecule has 0 bridgehead atoms. The van der Waals surface area contributed by atoms with Crippen LogP contribution in [0.3, 0.4) is 0 Å². The van der Waals surface area contributed by atoms with E-state index < -0.39 is 11.6 Å². The molecule has 150 valence electrons. The number of halogens is 3. The van der Waals surface area contributed by atoms with Gasteiger partial charge in [-0.3, -0.25) is 4.99 Å². The van der Waals surface area contributed by atoms with Gasteiger partial charge in [-0.25, -0.2) is 13.8 Å². The number of oxazole rings is 1. The molecule has 2 aromatic rings. The topological polar surface area (TPSA) is 71.7 Å². The summed E-state index contributed by atoms with van der Waals surface area (Å²) in [5.74, 6) is 0.536. The lowest BCUT2D eigenvalue weighted by atomic mass is 9.94. The average Bonchev–Trinajstić information content (AvgIpc) is 3.05. The maximum absolute atomic E-state index is 13.5. The third-order valence-corrected chi connectivity index (χ3v) is 3.47. The largest absolute Gasteiger partial charge is 0.489 e. The normalized spacial score (nSPS) is 11.7. The van der Waals surface area contributed by atoms with Gasteiger partial charge in [0.15, 0.2) is 17.5 Å². The van der Waals surface area contributed by atoms with Crippen molar-refractivity contribution >= 4 is 29.9 Å². The Bertz CT molecular complexity index is 760. The highest BCUT2D eigenvalue weighted by Gasteiger charge is 2.19. The lowest BCUT2D eigenvalue weighted by Crippen LogP contribution is -2.39. The Hall–Kier alpha value is -1.91. The molecule has 0 radical (unpaired) electrons. The van der Waals surface area contributed by atoms with Crippen molar-refractivity contribution in [3.8, 4) is 5.75 Å². The third-order valence-electron chi connectivity index (χ3n) is 3.47. The maximum Gasteiger partial charge on any atom is 0.213 e. The molecule has 1 heterocycles. The van der Waals surface area contributed by atoms with E-state index in [4.69, 9.17) is 9.15 Å². The SMILES string of the molecule is CN=C(NCCOc1ccc(F)cc1F)NCc1ncc(C(C)(C)C)o1.I. The van der Waals surface area contributed by atoms with Gasteiger partial charge in [0.05, 0.1) is 19.3 Å². The standard InChI is InChI=1S/C18H24F2N4O2.HI/c1-18(2,3)15-10-23-16(26-15)11-24-17(21-4)22-7-8-25-14-6-5-12(19)9-13(14)20;/h5-6,9-10H,7-8,11H2,1-4H3,(H2,21,22,24);1H. The number of guanidine groups is 1. The molecule has 0 saturated heterocycles. The summed E-state index contributed by atoms with van der Waals surface area (Å²) < 4.78 is 37.3. The minimum Gasteiger partial charge on any atom is -0.489 e. The molecule has 0 fully saturated rings. The molecule has 1 aromatic carbocycles. The zero-order chi connectivity index (χ0) is 19.2. The van der Waals surface area contributed by atoms with Gasteiger partial charge in [0.2, 0.25) is 5.89 Å². The molecule has 27 heavy (non-hydrogen) atoms. The van der Waals surface area contributed by atoms with Crippen molar-refractivity contribution in [2.24, 2.45) is 4.99 Å². The Morgan fingerprint density at radius 2 is 2.00 bits per heavy atom. The van der Waals surface area contributed by atoms with Crippen molar-refractivity contribution in [3.05, 3.63) is 47.7 Å². The number of nitrogens with zero attached hydrogens (tertiary/aromatic N) is 2. The molecule has 0 amide bonds. The van der Waals surface area contributed by atoms with Crippen LogP contribution in [0.2, 0.25) is 0 Å². The number of rotatable bonds is 6. The molecule has 0 aliphatic heterocycles. The van der Waals surface area contributed by atoms with E-state index in [2.05, 4.69) is 41.4 Å². The van der Waals surface area contributed by atoms with Gasteiger partial charge in [-0.15, -0.1) is 24.0 Å². The maximum atomic E-state index is 13.5. The number of aliphatic imine (C=N–C) groups is 1. The second-order valence-corrected chi connectivity index (χ2v) is 6.64. The van der Waals surface area contributed by atoms with Gasteiger partial charge in [-0.2, -0.15) is 0 Å². The minimum absolute atomic E-state index is 0. The van der Waals surface area contributed by atoms with Crippen molar-refractivity contribution < 1.29 is 17.9 Å². The molecule has 0 aliphatic rings. The van der Waals surface area contributed by atoms with Gasteiger partial charge < -0.3 is 19.8 Å². The predicted molar refractivity (Wildman–Crippen MR) is 111 cm³/mol. The summed E-state index contributed by atoms with van der Waals surface area (Å²) in [7, 11) is 1.63. The van der Waals surface area contributed by atoms with E-state index in [1.807, 2.05) is 0 Å². The van der Waals surface area contributed by atoms with Crippen LogP contribution in [0.4, 0.5) is 8.78 Å². The molecular weight excluding hydrogens is 469 g/mol. The summed E-state index contributed by atoms with van der Waals surface area (Å²) in [6.45, 7) is 7.11. The van der Waals surface area contributed by atoms with E-state index in [9.17, 15) is 8.78 Å². The first-order valence-electron chi connectivity index (χ1n) is 8.27. The zero-order valence-electron chi connectivity index (χ0n) is 15.8. The van der Waals surface area contributed by atoms with E-state index in [0.717, 1.165) is 17.9 Å². The Labute approximate surface area is 174 Å². The van der Waals surface area contributed by atoms with Crippen LogP contribution in [-0.2, 0) is 12.0 Å². The summed E-state index contributed by atoms with van der Waals surface area (Å²) >= 11 is 0. The van der Waals surface area contributed by atoms with Crippen LogP contribution in [0.25, 0.3) is 0 Å². The van der Waals surface area contributed by atoms with Crippen molar-refractivity contribution in [2.75, 3.05) is 20.2 Å². The van der Waals surface area contributed by atoms with Gasteiger partial charge in [-0.05, 0) is 12.1 Å². The van der Waals surface area contributed by atoms with Crippen LogP contribution in [0.1, 0.15) is 32.4 Å². The minimum atomic E-state index is -0.731.